The molecule has 3 rings (SSSR count). The molecule has 176 valence electrons. The first kappa shape index (κ1) is 24.5. The molecule has 0 aliphatic rings. The third kappa shape index (κ3) is 6.20. The van der Waals surface area contributed by atoms with Crippen molar-refractivity contribution < 1.29 is 23.7 Å². The molecular weight excluding hydrogens is 464 g/mol. The van der Waals surface area contributed by atoms with Gasteiger partial charge in [0, 0.05) is 30.9 Å². The van der Waals surface area contributed by atoms with Crippen LogP contribution in [0.25, 0.3) is 0 Å². The summed E-state index contributed by atoms with van der Waals surface area (Å²) in [6.07, 6.45) is 0. The minimum Gasteiger partial charge on any atom is -0.497 e. The number of carbonyl (C=O) groups excluding carboxylic acids is 1. The molecule has 1 heterocycles. The summed E-state index contributed by atoms with van der Waals surface area (Å²) in [7, 11) is 8.04. The van der Waals surface area contributed by atoms with Crippen LogP contribution in [0, 0.1) is 0 Å². The summed E-state index contributed by atoms with van der Waals surface area (Å²) in [4.78, 5) is 14.3. The predicted molar refractivity (Wildman–Crippen MR) is 129 cm³/mol. The molecule has 0 atom stereocenters. The lowest BCUT2D eigenvalue weighted by molar-refractivity contribution is -0.127. The van der Waals surface area contributed by atoms with E-state index in [0.717, 1.165) is 17.0 Å². The molecule has 1 aromatic heterocycles. The summed E-state index contributed by atoms with van der Waals surface area (Å²) in [5.41, 5.74) is 1.67. The molecule has 1 N–H and O–H groups in total. The number of aromatic nitrogens is 2. The van der Waals surface area contributed by atoms with Gasteiger partial charge in [-0.15, -0.1) is 10.2 Å². The number of amides is 1. The first-order valence-electron chi connectivity index (χ1n) is 9.88. The Balaban J connectivity index is 1.58. The summed E-state index contributed by atoms with van der Waals surface area (Å²) in [6.45, 7) is 0.363. The average Bonchev–Trinajstić information content (AvgIpc) is 3.29. The number of carbonyl (C=O) groups is 1. The van der Waals surface area contributed by atoms with Crippen molar-refractivity contribution in [1.82, 2.24) is 15.1 Å². The smallest absolute Gasteiger partial charge is 0.233 e. The lowest BCUT2D eigenvalue weighted by Gasteiger charge is -2.20. The number of hydrogen-bond donors (Lipinski definition) is 1. The lowest BCUT2D eigenvalue weighted by atomic mass is 10.1. The summed E-state index contributed by atoms with van der Waals surface area (Å²) >= 11 is 2.72. The maximum absolute atomic E-state index is 12.7. The Kier molecular flexibility index (Phi) is 8.61. The fourth-order valence-corrected chi connectivity index (χ4v) is 4.72. The number of rotatable bonds is 11. The largest absolute Gasteiger partial charge is 0.497 e. The zero-order valence-corrected chi connectivity index (χ0v) is 20.7. The molecule has 0 saturated heterocycles. The highest BCUT2D eigenvalue weighted by Crippen LogP contribution is 2.40. The molecule has 0 saturated carbocycles. The van der Waals surface area contributed by atoms with Gasteiger partial charge < -0.3 is 29.2 Å². The Morgan fingerprint density at radius 2 is 1.82 bits per heavy atom. The molecule has 0 radical (unpaired) electrons. The van der Waals surface area contributed by atoms with Crippen LogP contribution >= 0.6 is 23.1 Å². The van der Waals surface area contributed by atoms with Gasteiger partial charge in [0.1, 0.15) is 5.75 Å². The van der Waals surface area contributed by atoms with Crippen LogP contribution in [-0.4, -0.2) is 62.2 Å². The number of benzene rings is 2. The van der Waals surface area contributed by atoms with Crippen molar-refractivity contribution in [2.24, 2.45) is 0 Å². The standard InChI is InChI=1S/C22H26N4O5S2/c1-26(12-14-9-10-17(29-3)20(31-5)19(14)30-4)18(27)13-32-22-25-24-21(33-22)23-15-7-6-8-16(11-15)28-2/h6-11H,12-13H2,1-5H3,(H,23,24). The maximum atomic E-state index is 12.7. The van der Waals surface area contributed by atoms with Gasteiger partial charge in [-0.1, -0.05) is 29.2 Å². The van der Waals surface area contributed by atoms with E-state index in [2.05, 4.69) is 15.5 Å². The van der Waals surface area contributed by atoms with Crippen LogP contribution in [0.5, 0.6) is 23.0 Å². The highest BCUT2D eigenvalue weighted by atomic mass is 32.2. The topological polar surface area (TPSA) is 95.0 Å². The van der Waals surface area contributed by atoms with Gasteiger partial charge in [0.2, 0.25) is 16.8 Å². The van der Waals surface area contributed by atoms with Crippen molar-refractivity contribution in [3.05, 3.63) is 42.0 Å². The maximum Gasteiger partial charge on any atom is 0.233 e. The number of methoxy groups -OCH3 is 4. The van der Waals surface area contributed by atoms with E-state index >= 15 is 0 Å². The minimum atomic E-state index is -0.0469. The second kappa shape index (κ2) is 11.6. The van der Waals surface area contributed by atoms with Crippen molar-refractivity contribution in [2.75, 3.05) is 46.6 Å². The second-order valence-electron chi connectivity index (χ2n) is 6.76. The van der Waals surface area contributed by atoms with E-state index in [1.807, 2.05) is 30.3 Å². The second-order valence-corrected chi connectivity index (χ2v) is 8.96. The number of hydrogen-bond acceptors (Lipinski definition) is 10. The van der Waals surface area contributed by atoms with Gasteiger partial charge in [-0.3, -0.25) is 4.79 Å². The molecule has 0 aliphatic carbocycles. The molecular formula is C22H26N4O5S2. The van der Waals surface area contributed by atoms with Gasteiger partial charge in [0.05, 0.1) is 34.2 Å². The number of nitrogens with one attached hydrogen (secondary N) is 1. The molecule has 0 aliphatic heterocycles. The van der Waals surface area contributed by atoms with Gasteiger partial charge in [-0.25, -0.2) is 0 Å². The summed E-state index contributed by atoms with van der Waals surface area (Å²) in [5.74, 6) is 2.55. The average molecular weight is 491 g/mol. The number of thioether (sulfide) groups is 1. The van der Waals surface area contributed by atoms with Gasteiger partial charge in [0.25, 0.3) is 0 Å². The monoisotopic (exact) mass is 490 g/mol. The first-order valence-corrected chi connectivity index (χ1v) is 11.7. The third-order valence-corrected chi connectivity index (χ3v) is 6.62. The Labute approximate surface area is 201 Å². The van der Waals surface area contributed by atoms with Crippen molar-refractivity contribution >= 4 is 39.8 Å². The van der Waals surface area contributed by atoms with Gasteiger partial charge >= 0.3 is 0 Å². The van der Waals surface area contributed by atoms with E-state index in [9.17, 15) is 4.79 Å². The lowest BCUT2D eigenvalue weighted by Crippen LogP contribution is -2.28. The van der Waals surface area contributed by atoms with Gasteiger partial charge in [0.15, 0.2) is 15.8 Å². The van der Waals surface area contributed by atoms with Crippen molar-refractivity contribution in [3.63, 3.8) is 0 Å². The molecule has 2 aromatic carbocycles. The Hall–Kier alpha value is -3.18. The third-order valence-electron chi connectivity index (χ3n) is 4.67. The molecule has 0 unspecified atom stereocenters. The molecule has 1 amide bonds. The zero-order valence-electron chi connectivity index (χ0n) is 19.1. The van der Waals surface area contributed by atoms with E-state index in [-0.39, 0.29) is 11.7 Å². The highest BCUT2D eigenvalue weighted by Gasteiger charge is 2.19. The highest BCUT2D eigenvalue weighted by molar-refractivity contribution is 8.01. The fourth-order valence-electron chi connectivity index (χ4n) is 3.01. The van der Waals surface area contributed by atoms with E-state index in [4.69, 9.17) is 18.9 Å². The summed E-state index contributed by atoms with van der Waals surface area (Å²) in [6, 6.07) is 11.2. The van der Waals surface area contributed by atoms with Crippen LogP contribution in [0.1, 0.15) is 5.56 Å². The number of anilines is 2. The molecule has 33 heavy (non-hydrogen) atoms. The van der Waals surface area contributed by atoms with Crippen LogP contribution < -0.4 is 24.3 Å². The Bertz CT molecular complexity index is 1090. The van der Waals surface area contributed by atoms with Crippen molar-refractivity contribution in [3.8, 4) is 23.0 Å². The van der Waals surface area contributed by atoms with Crippen LogP contribution in [0.2, 0.25) is 0 Å². The van der Waals surface area contributed by atoms with E-state index in [0.29, 0.717) is 33.3 Å². The molecule has 3 aromatic rings. The van der Waals surface area contributed by atoms with Crippen LogP contribution in [0.15, 0.2) is 40.7 Å². The van der Waals surface area contributed by atoms with Crippen LogP contribution in [0.4, 0.5) is 10.8 Å². The summed E-state index contributed by atoms with van der Waals surface area (Å²) < 4.78 is 22.2. The zero-order chi connectivity index (χ0) is 23.8. The Morgan fingerprint density at radius 1 is 1.03 bits per heavy atom. The molecule has 9 nitrogen and oxygen atoms in total. The molecule has 0 fully saturated rings. The van der Waals surface area contributed by atoms with Crippen molar-refractivity contribution in [1.29, 1.82) is 0 Å². The van der Waals surface area contributed by atoms with Gasteiger partial charge in [-0.2, -0.15) is 0 Å². The fraction of sp³-hybridized carbons (Fsp3) is 0.318. The molecule has 0 bridgehead atoms. The number of ether oxygens (including phenoxy) is 4. The normalized spacial score (nSPS) is 10.5. The first-order chi connectivity index (χ1) is 16.0. The van der Waals surface area contributed by atoms with Gasteiger partial charge in [-0.05, 0) is 24.3 Å². The van der Waals surface area contributed by atoms with Crippen molar-refractivity contribution in [2.45, 2.75) is 10.9 Å². The molecule has 11 heteroatoms. The van der Waals surface area contributed by atoms with Crippen LogP contribution in [0.3, 0.4) is 0 Å². The van der Waals surface area contributed by atoms with Crippen LogP contribution in [-0.2, 0) is 11.3 Å². The summed E-state index contributed by atoms with van der Waals surface area (Å²) in [5, 5.41) is 12.1. The number of nitrogens with zero attached hydrogens (tertiary/aromatic N) is 3. The van der Waals surface area contributed by atoms with E-state index < -0.39 is 0 Å². The SMILES string of the molecule is COc1cccc(Nc2nnc(SCC(=O)N(C)Cc3ccc(OC)c(OC)c3OC)s2)c1. The Morgan fingerprint density at radius 3 is 2.52 bits per heavy atom. The quantitative estimate of drug-likeness (QED) is 0.399. The van der Waals surface area contributed by atoms with E-state index in [1.165, 1.54) is 23.1 Å². The predicted octanol–water partition coefficient (Wildman–Crippen LogP) is 4.07. The van der Waals surface area contributed by atoms with E-state index in [1.54, 1.807) is 46.5 Å². The minimum absolute atomic E-state index is 0.0469. The molecule has 0 spiro atoms.